The van der Waals surface area contributed by atoms with E-state index in [1.165, 1.54) is 4.90 Å². The molecule has 1 atom stereocenters. The zero-order valence-corrected chi connectivity index (χ0v) is 13.6. The molecule has 1 aromatic carbocycles. The summed E-state index contributed by atoms with van der Waals surface area (Å²) >= 11 is 0. The topological polar surface area (TPSA) is 84.7 Å². The molecule has 0 aliphatic carbocycles. The molecule has 0 spiro atoms. The minimum atomic E-state index is -1.03. The zero-order valence-electron chi connectivity index (χ0n) is 13.6. The number of rotatable bonds is 7. The third-order valence-corrected chi connectivity index (χ3v) is 3.89. The lowest BCUT2D eigenvalue weighted by Crippen LogP contribution is -2.43. The number of amides is 3. The first-order valence-electron chi connectivity index (χ1n) is 7.66. The molecule has 1 aliphatic heterocycles. The quantitative estimate of drug-likeness (QED) is 0.593. The lowest BCUT2D eigenvalue weighted by Gasteiger charge is -2.26. The number of carbonyl (C=O) groups excluding carboxylic acids is 2. The summed E-state index contributed by atoms with van der Waals surface area (Å²) in [4.78, 5) is 25.9. The maximum atomic E-state index is 12.7. The molecule has 1 aliphatic rings. The maximum absolute atomic E-state index is 12.7. The summed E-state index contributed by atoms with van der Waals surface area (Å²) < 4.78 is 5.56. The van der Waals surface area contributed by atoms with Crippen LogP contribution in [0.5, 0.6) is 5.75 Å². The number of imide groups is 1. The van der Waals surface area contributed by atoms with Gasteiger partial charge < -0.3 is 15.8 Å². The summed E-state index contributed by atoms with van der Waals surface area (Å²) in [6.45, 7) is 8.44. The fourth-order valence-electron chi connectivity index (χ4n) is 2.64. The highest BCUT2D eigenvalue weighted by Gasteiger charge is 2.50. The molecule has 6 heteroatoms. The molecule has 2 rings (SSSR count). The highest BCUT2D eigenvalue weighted by molar-refractivity contribution is 6.07. The predicted octanol–water partition coefficient (Wildman–Crippen LogP) is 1.76. The van der Waals surface area contributed by atoms with Crippen molar-refractivity contribution >= 4 is 11.9 Å². The molecule has 0 aromatic heterocycles. The Balaban J connectivity index is 2.25. The third-order valence-electron chi connectivity index (χ3n) is 3.89. The summed E-state index contributed by atoms with van der Waals surface area (Å²) in [6, 6.07) is 6.80. The van der Waals surface area contributed by atoms with Crippen LogP contribution in [0.25, 0.3) is 0 Å². The van der Waals surface area contributed by atoms with E-state index in [1.807, 2.05) is 13.8 Å². The van der Waals surface area contributed by atoms with Crippen LogP contribution in [0, 0.1) is 0 Å². The van der Waals surface area contributed by atoms with Crippen molar-refractivity contribution in [2.45, 2.75) is 25.8 Å². The number of hydrogen-bond acceptors (Lipinski definition) is 4. The van der Waals surface area contributed by atoms with Gasteiger partial charge in [-0.25, -0.2) is 4.79 Å². The second-order valence-corrected chi connectivity index (χ2v) is 5.70. The molecule has 3 amide bonds. The van der Waals surface area contributed by atoms with Crippen molar-refractivity contribution in [1.29, 1.82) is 0 Å². The minimum absolute atomic E-state index is 0.215. The van der Waals surface area contributed by atoms with E-state index >= 15 is 0 Å². The molecule has 124 valence electrons. The van der Waals surface area contributed by atoms with Crippen LogP contribution in [-0.2, 0) is 10.3 Å². The standard InChI is InChI=1S/C17H23N3O3/c1-4-17(15(21)20(10-9-18)16(22)19-17)13-5-7-14(8-6-13)23-11-12(2)3/h5-8H,2,4,9-11,18H2,1,3H3,(H,19,22). The van der Waals surface area contributed by atoms with Gasteiger partial charge in [-0.05, 0) is 36.6 Å². The van der Waals surface area contributed by atoms with Gasteiger partial charge in [0.15, 0.2) is 0 Å². The van der Waals surface area contributed by atoms with E-state index in [0.29, 0.717) is 18.8 Å². The molecule has 3 N–H and O–H groups in total. The highest BCUT2D eigenvalue weighted by Crippen LogP contribution is 2.33. The van der Waals surface area contributed by atoms with E-state index in [9.17, 15) is 9.59 Å². The molecule has 1 heterocycles. The van der Waals surface area contributed by atoms with Crippen LogP contribution in [0.3, 0.4) is 0 Å². The van der Waals surface area contributed by atoms with Crippen LogP contribution >= 0.6 is 0 Å². The smallest absolute Gasteiger partial charge is 0.325 e. The number of urea groups is 1. The summed E-state index contributed by atoms with van der Waals surface area (Å²) in [5, 5.41) is 2.81. The van der Waals surface area contributed by atoms with Crippen molar-refractivity contribution in [3.63, 3.8) is 0 Å². The van der Waals surface area contributed by atoms with Crippen LogP contribution in [0.4, 0.5) is 4.79 Å². The molecular weight excluding hydrogens is 294 g/mol. The summed E-state index contributed by atoms with van der Waals surface area (Å²) in [5.74, 6) is 0.435. The van der Waals surface area contributed by atoms with Gasteiger partial charge in [-0.2, -0.15) is 0 Å². The minimum Gasteiger partial charge on any atom is -0.489 e. The number of carbonyl (C=O) groups is 2. The average Bonchev–Trinajstić information content (AvgIpc) is 2.79. The monoisotopic (exact) mass is 317 g/mol. The van der Waals surface area contributed by atoms with Gasteiger partial charge in [0.2, 0.25) is 0 Å². The first kappa shape index (κ1) is 17.0. The van der Waals surface area contributed by atoms with Gasteiger partial charge in [0.1, 0.15) is 17.9 Å². The molecule has 1 fully saturated rings. The van der Waals surface area contributed by atoms with Gasteiger partial charge in [-0.15, -0.1) is 0 Å². The Kier molecular flexibility index (Phi) is 5.05. The van der Waals surface area contributed by atoms with Crippen molar-refractivity contribution in [2.75, 3.05) is 19.7 Å². The van der Waals surface area contributed by atoms with Crippen molar-refractivity contribution in [3.8, 4) is 5.75 Å². The molecule has 1 unspecified atom stereocenters. The van der Waals surface area contributed by atoms with Crippen LogP contribution < -0.4 is 15.8 Å². The predicted molar refractivity (Wildman–Crippen MR) is 88.0 cm³/mol. The second-order valence-electron chi connectivity index (χ2n) is 5.70. The number of hydrogen-bond donors (Lipinski definition) is 2. The van der Waals surface area contributed by atoms with Gasteiger partial charge >= 0.3 is 6.03 Å². The molecule has 1 saturated heterocycles. The largest absolute Gasteiger partial charge is 0.489 e. The van der Waals surface area contributed by atoms with Gasteiger partial charge in [0.25, 0.3) is 5.91 Å². The van der Waals surface area contributed by atoms with Crippen molar-refractivity contribution < 1.29 is 14.3 Å². The Morgan fingerprint density at radius 3 is 2.52 bits per heavy atom. The molecule has 0 radical (unpaired) electrons. The summed E-state index contributed by atoms with van der Waals surface area (Å²) in [7, 11) is 0. The van der Waals surface area contributed by atoms with E-state index in [0.717, 1.165) is 11.1 Å². The maximum Gasteiger partial charge on any atom is 0.325 e. The van der Waals surface area contributed by atoms with Gasteiger partial charge in [0.05, 0.1) is 0 Å². The molecular formula is C17H23N3O3. The Morgan fingerprint density at radius 2 is 2.00 bits per heavy atom. The van der Waals surface area contributed by atoms with Crippen LogP contribution in [-0.4, -0.2) is 36.5 Å². The fraction of sp³-hybridized carbons (Fsp3) is 0.412. The SMILES string of the molecule is C=C(C)COc1ccc(C2(CC)NC(=O)N(CCN)C2=O)cc1. The number of ether oxygens (including phenoxy) is 1. The van der Waals surface area contributed by atoms with Crippen LogP contribution in [0.2, 0.25) is 0 Å². The number of benzene rings is 1. The Bertz CT molecular complexity index is 612. The molecule has 0 bridgehead atoms. The number of nitrogens with two attached hydrogens (primary N) is 1. The van der Waals surface area contributed by atoms with E-state index < -0.39 is 11.6 Å². The van der Waals surface area contributed by atoms with E-state index in [-0.39, 0.29) is 19.0 Å². The lowest BCUT2D eigenvalue weighted by atomic mass is 9.87. The number of nitrogens with one attached hydrogen (secondary N) is 1. The first-order chi connectivity index (χ1) is 10.9. The van der Waals surface area contributed by atoms with Crippen molar-refractivity contribution in [2.24, 2.45) is 5.73 Å². The average molecular weight is 317 g/mol. The Morgan fingerprint density at radius 1 is 1.35 bits per heavy atom. The zero-order chi connectivity index (χ0) is 17.0. The highest BCUT2D eigenvalue weighted by atomic mass is 16.5. The lowest BCUT2D eigenvalue weighted by molar-refractivity contribution is -0.131. The molecule has 1 aromatic rings. The molecule has 6 nitrogen and oxygen atoms in total. The Hall–Kier alpha value is -2.34. The van der Waals surface area contributed by atoms with Crippen LogP contribution in [0.15, 0.2) is 36.4 Å². The van der Waals surface area contributed by atoms with Gasteiger partial charge in [-0.1, -0.05) is 25.6 Å². The first-order valence-corrected chi connectivity index (χ1v) is 7.66. The molecule has 23 heavy (non-hydrogen) atoms. The summed E-state index contributed by atoms with van der Waals surface area (Å²) in [5.41, 5.74) is 6.12. The molecule has 0 saturated carbocycles. The van der Waals surface area contributed by atoms with Crippen molar-refractivity contribution in [1.82, 2.24) is 10.2 Å². The van der Waals surface area contributed by atoms with E-state index in [2.05, 4.69) is 11.9 Å². The second kappa shape index (κ2) is 6.83. The summed E-state index contributed by atoms with van der Waals surface area (Å²) in [6.07, 6.45) is 0.463. The van der Waals surface area contributed by atoms with Crippen LogP contribution in [0.1, 0.15) is 25.8 Å². The van der Waals surface area contributed by atoms with Crippen molar-refractivity contribution in [3.05, 3.63) is 42.0 Å². The number of nitrogens with zero attached hydrogens (tertiary/aromatic N) is 1. The normalized spacial score (nSPS) is 20.6. The Labute approximate surface area is 136 Å². The van der Waals surface area contributed by atoms with Gasteiger partial charge in [0, 0.05) is 13.1 Å². The van der Waals surface area contributed by atoms with E-state index in [1.54, 1.807) is 24.3 Å². The fourth-order valence-corrected chi connectivity index (χ4v) is 2.64. The van der Waals surface area contributed by atoms with E-state index in [4.69, 9.17) is 10.5 Å². The van der Waals surface area contributed by atoms with Gasteiger partial charge in [-0.3, -0.25) is 9.69 Å². The third kappa shape index (κ3) is 3.22.